The van der Waals surface area contributed by atoms with Crippen LogP contribution in [0.25, 0.3) is 11.0 Å². The molecule has 3 unspecified atom stereocenters. The van der Waals surface area contributed by atoms with Gasteiger partial charge in [-0.25, -0.2) is 14.4 Å². The zero-order chi connectivity index (χ0) is 22.3. The van der Waals surface area contributed by atoms with Gasteiger partial charge in [-0.15, -0.1) is 0 Å². The first kappa shape index (κ1) is 20.4. The van der Waals surface area contributed by atoms with Gasteiger partial charge in [0.05, 0.1) is 0 Å². The predicted octanol–water partition coefficient (Wildman–Crippen LogP) is 4.64. The third-order valence-corrected chi connectivity index (χ3v) is 10.2. The molecule has 3 fully saturated rings. The van der Waals surface area contributed by atoms with Crippen molar-refractivity contribution in [1.29, 1.82) is 0 Å². The molecule has 3 heterocycles. The van der Waals surface area contributed by atoms with Crippen molar-refractivity contribution in [3.63, 3.8) is 0 Å². The summed E-state index contributed by atoms with van der Waals surface area (Å²) in [5, 5.41) is 0. The quantitative estimate of drug-likeness (QED) is 0.744. The molecule has 0 radical (unpaired) electrons. The van der Waals surface area contributed by atoms with Crippen molar-refractivity contribution in [3.05, 3.63) is 36.4 Å². The second kappa shape index (κ2) is 6.88. The van der Waals surface area contributed by atoms with Crippen molar-refractivity contribution in [2.24, 2.45) is 34.5 Å². The maximum atomic E-state index is 16.0. The number of aromatic nitrogens is 3. The fourth-order valence-electron chi connectivity index (χ4n) is 8.50. The van der Waals surface area contributed by atoms with Crippen LogP contribution in [0.5, 0.6) is 0 Å². The molecule has 8 atom stereocenters. The highest BCUT2D eigenvalue weighted by atomic mass is 19.1. The number of halogens is 1. The molecule has 3 aliphatic carbocycles. The molecule has 2 aromatic heterocycles. The van der Waals surface area contributed by atoms with Crippen LogP contribution in [-0.2, 0) is 4.79 Å². The molecular formula is C26H34FN4O+. The lowest BCUT2D eigenvalue weighted by Gasteiger charge is -2.60. The van der Waals surface area contributed by atoms with Gasteiger partial charge in [-0.2, -0.15) is 0 Å². The SMILES string of the molecule is CN1C(=O)C=C[C@]2(C)C3CC[C@]4(C)[C@@H](C(F)c5nc6cc[nH+]cc6[nH]5)CC[C@H]4C3CC[C@@H]12. The number of H-pyrrole nitrogens is 2. The zero-order valence-corrected chi connectivity index (χ0v) is 19.3. The number of imidazole rings is 1. The van der Waals surface area contributed by atoms with E-state index in [4.69, 9.17) is 0 Å². The summed E-state index contributed by atoms with van der Waals surface area (Å²) in [4.78, 5) is 25.1. The van der Waals surface area contributed by atoms with Gasteiger partial charge >= 0.3 is 0 Å². The fraction of sp³-hybridized carbons (Fsp3) is 0.654. The highest BCUT2D eigenvalue weighted by Crippen LogP contribution is 2.67. The number of amides is 1. The first-order chi connectivity index (χ1) is 15.3. The minimum absolute atomic E-state index is 0.00891. The molecule has 1 aliphatic heterocycles. The van der Waals surface area contributed by atoms with Gasteiger partial charge in [0.1, 0.15) is 16.9 Å². The number of fused-ring (bicyclic) bond motifs is 6. The molecule has 0 aromatic carbocycles. The van der Waals surface area contributed by atoms with Crippen molar-refractivity contribution in [2.75, 3.05) is 7.05 Å². The molecule has 2 N–H and O–H groups in total. The van der Waals surface area contributed by atoms with E-state index < -0.39 is 6.17 Å². The van der Waals surface area contributed by atoms with Gasteiger partial charge in [-0.05, 0) is 67.8 Å². The number of likely N-dealkylation sites (N-methyl/N-ethyl adjacent to an activating group) is 1. The van der Waals surface area contributed by atoms with Gasteiger partial charge in [0, 0.05) is 30.5 Å². The third-order valence-electron chi connectivity index (χ3n) is 10.2. The van der Waals surface area contributed by atoms with E-state index in [-0.39, 0.29) is 22.7 Å². The molecule has 5 nitrogen and oxygen atoms in total. The largest absolute Gasteiger partial charge is 0.338 e. The maximum absolute atomic E-state index is 16.0. The van der Waals surface area contributed by atoms with Crippen LogP contribution in [0.15, 0.2) is 30.6 Å². The van der Waals surface area contributed by atoms with Gasteiger partial charge in [0.25, 0.3) is 0 Å². The van der Waals surface area contributed by atoms with E-state index >= 15 is 4.39 Å². The molecule has 6 rings (SSSR count). The molecule has 0 bridgehead atoms. The summed E-state index contributed by atoms with van der Waals surface area (Å²) in [5.74, 6) is 2.37. The van der Waals surface area contributed by atoms with Gasteiger partial charge in [0.15, 0.2) is 18.6 Å². The van der Waals surface area contributed by atoms with E-state index in [1.807, 2.05) is 30.4 Å². The second-order valence-electron chi connectivity index (χ2n) is 11.3. The zero-order valence-electron chi connectivity index (χ0n) is 19.3. The Morgan fingerprint density at radius 3 is 2.88 bits per heavy atom. The monoisotopic (exact) mass is 437 g/mol. The van der Waals surface area contributed by atoms with E-state index in [2.05, 4.69) is 34.9 Å². The Morgan fingerprint density at radius 2 is 2.06 bits per heavy atom. The lowest BCUT2D eigenvalue weighted by Crippen LogP contribution is -2.59. The van der Waals surface area contributed by atoms with Gasteiger partial charge in [0.2, 0.25) is 5.91 Å². The maximum Gasteiger partial charge on any atom is 0.246 e. The Hall–Kier alpha value is -2.24. The Balaban J connectivity index is 1.29. The van der Waals surface area contributed by atoms with Crippen LogP contribution >= 0.6 is 0 Å². The lowest BCUT2D eigenvalue weighted by molar-refractivity contribution is -0.376. The molecule has 32 heavy (non-hydrogen) atoms. The van der Waals surface area contributed by atoms with Crippen LogP contribution in [0.4, 0.5) is 4.39 Å². The van der Waals surface area contributed by atoms with Crippen molar-refractivity contribution in [1.82, 2.24) is 14.9 Å². The molecule has 0 saturated heterocycles. The van der Waals surface area contributed by atoms with Crippen molar-refractivity contribution >= 4 is 16.9 Å². The van der Waals surface area contributed by atoms with E-state index in [0.717, 1.165) is 49.6 Å². The number of pyridine rings is 1. The Morgan fingerprint density at radius 1 is 1.22 bits per heavy atom. The molecular weight excluding hydrogens is 403 g/mol. The number of rotatable bonds is 2. The molecule has 4 aliphatic rings. The summed E-state index contributed by atoms with van der Waals surface area (Å²) in [6.07, 6.45) is 13.1. The number of hydrogen-bond acceptors (Lipinski definition) is 2. The van der Waals surface area contributed by atoms with Crippen molar-refractivity contribution < 1.29 is 14.2 Å². The highest BCUT2D eigenvalue weighted by Gasteiger charge is 2.61. The number of nitrogens with one attached hydrogen (secondary N) is 2. The topological polar surface area (TPSA) is 63.1 Å². The Labute approximate surface area is 188 Å². The summed E-state index contributed by atoms with van der Waals surface area (Å²) in [5.41, 5.74) is 1.73. The van der Waals surface area contributed by atoms with Crippen LogP contribution < -0.4 is 4.98 Å². The minimum Gasteiger partial charge on any atom is -0.338 e. The van der Waals surface area contributed by atoms with Crippen LogP contribution in [-0.4, -0.2) is 33.9 Å². The summed E-state index contributed by atoms with van der Waals surface area (Å²) in [7, 11) is 1.96. The van der Waals surface area contributed by atoms with Crippen LogP contribution in [0.3, 0.4) is 0 Å². The van der Waals surface area contributed by atoms with E-state index in [1.165, 1.54) is 0 Å². The molecule has 1 amide bonds. The van der Waals surface area contributed by atoms with E-state index in [0.29, 0.717) is 29.6 Å². The number of aromatic amines is 2. The number of carbonyl (C=O) groups excluding carboxylic acids is 1. The van der Waals surface area contributed by atoms with Gasteiger partial charge in [-0.1, -0.05) is 19.9 Å². The number of alkyl halides is 1. The predicted molar refractivity (Wildman–Crippen MR) is 120 cm³/mol. The summed E-state index contributed by atoms with van der Waals surface area (Å²) in [6.45, 7) is 4.72. The number of hydrogen-bond donors (Lipinski definition) is 1. The summed E-state index contributed by atoms with van der Waals surface area (Å²) >= 11 is 0. The van der Waals surface area contributed by atoms with Crippen LogP contribution in [0.1, 0.15) is 64.4 Å². The van der Waals surface area contributed by atoms with E-state index in [9.17, 15) is 4.79 Å². The Bertz CT molecular complexity index is 1060. The molecule has 6 heteroatoms. The third kappa shape index (κ3) is 2.64. The first-order valence-corrected chi connectivity index (χ1v) is 12.3. The standard InChI is InChI=1S/C26H33FN4O/c1-25-11-8-17-15(4-7-21-26(17,2)12-9-22(32)31(21)3)16(25)5-6-18(25)23(27)24-29-19-10-13-28-14-20(19)30-24/h9-10,12-18,21,23H,4-8,11H2,1-3H3,(H,29,30)/p+1/t15?,16-,17?,18+,21+,23?,25-,26+/m0/s1. The highest BCUT2D eigenvalue weighted by molar-refractivity contribution is 5.89. The average Bonchev–Trinajstić information content (AvgIpc) is 3.37. The normalized spacial score (nSPS) is 41.9. The van der Waals surface area contributed by atoms with Crippen LogP contribution in [0.2, 0.25) is 0 Å². The fourth-order valence-corrected chi connectivity index (χ4v) is 8.50. The van der Waals surface area contributed by atoms with Gasteiger partial charge in [-0.3, -0.25) is 4.79 Å². The number of nitrogens with zero attached hydrogens (tertiary/aromatic N) is 2. The van der Waals surface area contributed by atoms with E-state index in [1.54, 1.807) is 6.08 Å². The lowest BCUT2D eigenvalue weighted by atomic mass is 9.47. The molecule has 0 spiro atoms. The second-order valence-corrected chi connectivity index (χ2v) is 11.3. The summed E-state index contributed by atoms with van der Waals surface area (Å²) < 4.78 is 16.0. The first-order valence-electron chi connectivity index (χ1n) is 12.3. The summed E-state index contributed by atoms with van der Waals surface area (Å²) in [6, 6.07) is 2.19. The molecule has 170 valence electrons. The van der Waals surface area contributed by atoms with Crippen LogP contribution in [0, 0.1) is 34.5 Å². The molecule has 2 aromatic rings. The Kier molecular flexibility index (Phi) is 4.38. The molecule has 3 saturated carbocycles. The smallest absolute Gasteiger partial charge is 0.246 e. The average molecular weight is 438 g/mol. The van der Waals surface area contributed by atoms with Crippen molar-refractivity contribution in [2.45, 2.75) is 64.6 Å². The number of carbonyl (C=O) groups is 1. The minimum atomic E-state index is -1.06. The van der Waals surface area contributed by atoms with Crippen molar-refractivity contribution in [3.8, 4) is 0 Å². The van der Waals surface area contributed by atoms with Gasteiger partial charge < -0.3 is 9.88 Å².